The van der Waals surface area contributed by atoms with Gasteiger partial charge in [0.2, 0.25) is 0 Å². The number of anilines is 1. The predicted molar refractivity (Wildman–Crippen MR) is 84.1 cm³/mol. The van der Waals surface area contributed by atoms with Gasteiger partial charge in [-0.3, -0.25) is 10.1 Å². The molecular formula is C16H21N3O4. The molecule has 4 N–H and O–H groups in total. The monoisotopic (exact) mass is 319 g/mol. The summed E-state index contributed by atoms with van der Waals surface area (Å²) in [5, 5.41) is 23.5. The van der Waals surface area contributed by atoms with Crippen LogP contribution in [0.3, 0.4) is 0 Å². The largest absolute Gasteiger partial charge is 0.395 e. The van der Waals surface area contributed by atoms with Crippen molar-refractivity contribution in [3.63, 3.8) is 0 Å². The first-order valence-corrected chi connectivity index (χ1v) is 7.84. The average molecular weight is 319 g/mol. The lowest BCUT2D eigenvalue weighted by Gasteiger charge is -2.34. The highest BCUT2D eigenvalue weighted by Gasteiger charge is 2.49. The number of aliphatic hydroxyl groups excluding tert-OH is 2. The minimum atomic E-state index is -0.995. The number of nitrogens with zero attached hydrogens (tertiary/aromatic N) is 1. The number of carbonyl (C=O) groups is 2. The lowest BCUT2D eigenvalue weighted by atomic mass is 9.76. The molecule has 124 valence electrons. The van der Waals surface area contributed by atoms with E-state index in [0.29, 0.717) is 19.5 Å². The molecule has 1 aliphatic carbocycles. The highest BCUT2D eigenvalue weighted by Crippen LogP contribution is 2.39. The lowest BCUT2D eigenvalue weighted by molar-refractivity contribution is -0.124. The Balaban J connectivity index is 2.03. The zero-order valence-corrected chi connectivity index (χ0v) is 12.8. The molecule has 1 fully saturated rings. The lowest BCUT2D eigenvalue weighted by Crippen LogP contribution is -2.46. The van der Waals surface area contributed by atoms with Crippen LogP contribution in [-0.2, 0) is 16.8 Å². The number of aliphatic hydroxyl groups is 2. The maximum absolute atomic E-state index is 12.4. The van der Waals surface area contributed by atoms with Crippen LogP contribution in [0.4, 0.5) is 10.5 Å². The standard InChI is InChI=1S/C16H21N3O4/c20-8-6-19(7-9-21)12-4-3-11-2-1-5-16(13(11)10-12)14(22)17-15(23)18-16/h3-4,10,20-21H,1-2,5-9H2,(H2,17,18,22,23)/t16-/m1/s1. The molecule has 0 saturated carbocycles. The fourth-order valence-electron chi connectivity index (χ4n) is 3.52. The third-order valence-electron chi connectivity index (χ3n) is 4.60. The minimum absolute atomic E-state index is 0.0283. The summed E-state index contributed by atoms with van der Waals surface area (Å²) in [6.45, 7) is 0.731. The number of rotatable bonds is 5. The van der Waals surface area contributed by atoms with Crippen molar-refractivity contribution in [2.24, 2.45) is 0 Å². The summed E-state index contributed by atoms with van der Waals surface area (Å²) < 4.78 is 0. The van der Waals surface area contributed by atoms with Crippen LogP contribution in [0.25, 0.3) is 0 Å². The van der Waals surface area contributed by atoms with Crippen molar-refractivity contribution in [2.75, 3.05) is 31.2 Å². The normalized spacial score (nSPS) is 22.7. The van der Waals surface area contributed by atoms with Crippen LogP contribution in [0.5, 0.6) is 0 Å². The molecule has 7 nitrogen and oxygen atoms in total. The molecule has 1 atom stereocenters. The molecule has 7 heteroatoms. The van der Waals surface area contributed by atoms with E-state index in [9.17, 15) is 19.8 Å². The highest BCUT2D eigenvalue weighted by molar-refractivity contribution is 6.07. The number of amides is 3. The van der Waals surface area contributed by atoms with Gasteiger partial charge in [-0.1, -0.05) is 6.07 Å². The van der Waals surface area contributed by atoms with Gasteiger partial charge in [-0.05, 0) is 42.5 Å². The van der Waals surface area contributed by atoms with Crippen molar-refractivity contribution in [2.45, 2.75) is 24.8 Å². The number of nitrogens with one attached hydrogen (secondary N) is 2. The van der Waals surface area contributed by atoms with Crippen LogP contribution < -0.4 is 15.5 Å². The van der Waals surface area contributed by atoms with Crippen LogP contribution in [-0.4, -0.2) is 48.5 Å². The first-order chi connectivity index (χ1) is 11.1. The van der Waals surface area contributed by atoms with Gasteiger partial charge in [0.1, 0.15) is 5.54 Å². The van der Waals surface area contributed by atoms with Gasteiger partial charge in [-0.15, -0.1) is 0 Å². The molecule has 3 rings (SSSR count). The zero-order chi connectivity index (χ0) is 16.4. The number of fused-ring (bicyclic) bond motifs is 2. The van der Waals surface area contributed by atoms with E-state index in [0.717, 1.165) is 29.7 Å². The molecular weight excluding hydrogens is 298 g/mol. The van der Waals surface area contributed by atoms with E-state index in [4.69, 9.17) is 0 Å². The quantitative estimate of drug-likeness (QED) is 0.565. The van der Waals surface area contributed by atoms with Crippen molar-refractivity contribution < 1.29 is 19.8 Å². The fourth-order valence-corrected chi connectivity index (χ4v) is 3.52. The second kappa shape index (κ2) is 6.17. The molecule has 1 saturated heterocycles. The van der Waals surface area contributed by atoms with Crippen LogP contribution in [0.1, 0.15) is 24.0 Å². The Labute approximate surface area is 134 Å². The van der Waals surface area contributed by atoms with Crippen molar-refractivity contribution >= 4 is 17.6 Å². The zero-order valence-electron chi connectivity index (χ0n) is 12.8. The summed E-state index contributed by atoms with van der Waals surface area (Å²) in [7, 11) is 0. The van der Waals surface area contributed by atoms with Gasteiger partial charge in [0.05, 0.1) is 13.2 Å². The SMILES string of the molecule is O=C1NC(=O)[C@]2(CCCc3ccc(N(CCO)CCO)cc32)N1. The molecule has 2 aliphatic rings. The summed E-state index contributed by atoms with van der Waals surface area (Å²) in [6.07, 6.45) is 2.26. The number of imide groups is 1. The molecule has 0 radical (unpaired) electrons. The second-order valence-corrected chi connectivity index (χ2v) is 5.94. The number of hydrogen-bond acceptors (Lipinski definition) is 5. The third kappa shape index (κ3) is 2.66. The Kier molecular flexibility index (Phi) is 4.23. The number of carbonyl (C=O) groups excluding carboxylic acids is 2. The Morgan fingerprint density at radius 1 is 1.17 bits per heavy atom. The Bertz CT molecular complexity index is 628. The van der Waals surface area contributed by atoms with Crippen molar-refractivity contribution in [3.05, 3.63) is 29.3 Å². The van der Waals surface area contributed by atoms with E-state index in [1.807, 2.05) is 23.1 Å². The summed E-state index contributed by atoms with van der Waals surface area (Å²) in [6, 6.07) is 5.32. The molecule has 1 heterocycles. The van der Waals surface area contributed by atoms with Crippen molar-refractivity contribution in [1.29, 1.82) is 0 Å². The summed E-state index contributed by atoms with van der Waals surface area (Å²) in [5.74, 6) is -0.309. The fraction of sp³-hybridized carbons (Fsp3) is 0.500. The van der Waals surface area contributed by atoms with Gasteiger partial charge in [0.25, 0.3) is 5.91 Å². The molecule has 1 spiro atoms. The topological polar surface area (TPSA) is 102 Å². The molecule has 23 heavy (non-hydrogen) atoms. The van der Waals surface area contributed by atoms with E-state index in [2.05, 4.69) is 10.6 Å². The van der Waals surface area contributed by atoms with E-state index < -0.39 is 11.6 Å². The Hall–Kier alpha value is -2.12. The summed E-state index contributed by atoms with van der Waals surface area (Å²) in [4.78, 5) is 25.9. The van der Waals surface area contributed by atoms with E-state index in [-0.39, 0.29) is 19.1 Å². The maximum Gasteiger partial charge on any atom is 0.322 e. The molecule has 0 unspecified atom stereocenters. The Morgan fingerprint density at radius 2 is 1.91 bits per heavy atom. The van der Waals surface area contributed by atoms with E-state index in [1.54, 1.807) is 0 Å². The third-order valence-corrected chi connectivity index (χ3v) is 4.60. The van der Waals surface area contributed by atoms with Crippen LogP contribution in [0.15, 0.2) is 18.2 Å². The van der Waals surface area contributed by atoms with Crippen LogP contribution in [0.2, 0.25) is 0 Å². The van der Waals surface area contributed by atoms with E-state index >= 15 is 0 Å². The smallest absolute Gasteiger partial charge is 0.322 e. The van der Waals surface area contributed by atoms with Gasteiger partial charge in [0.15, 0.2) is 0 Å². The van der Waals surface area contributed by atoms with Crippen LogP contribution in [0, 0.1) is 0 Å². The van der Waals surface area contributed by atoms with Gasteiger partial charge in [-0.25, -0.2) is 4.79 Å². The van der Waals surface area contributed by atoms with Gasteiger partial charge >= 0.3 is 6.03 Å². The summed E-state index contributed by atoms with van der Waals surface area (Å²) >= 11 is 0. The predicted octanol–water partition coefficient (Wildman–Crippen LogP) is -0.151. The van der Waals surface area contributed by atoms with Crippen molar-refractivity contribution in [3.8, 4) is 0 Å². The number of benzene rings is 1. The molecule has 0 aromatic heterocycles. The molecule has 1 aliphatic heterocycles. The van der Waals surface area contributed by atoms with Gasteiger partial charge < -0.3 is 20.4 Å². The second-order valence-electron chi connectivity index (χ2n) is 5.94. The first-order valence-electron chi connectivity index (χ1n) is 7.84. The van der Waals surface area contributed by atoms with Gasteiger partial charge in [0, 0.05) is 18.8 Å². The Morgan fingerprint density at radius 3 is 2.52 bits per heavy atom. The number of urea groups is 1. The summed E-state index contributed by atoms with van der Waals surface area (Å²) in [5.41, 5.74) is 1.68. The number of aryl methyl sites for hydroxylation is 1. The highest BCUT2D eigenvalue weighted by atomic mass is 16.3. The molecule has 0 bridgehead atoms. The number of hydrogen-bond donors (Lipinski definition) is 4. The molecule has 3 amide bonds. The first kappa shape index (κ1) is 15.8. The maximum atomic E-state index is 12.4. The van der Waals surface area contributed by atoms with E-state index in [1.165, 1.54) is 0 Å². The average Bonchev–Trinajstić information content (AvgIpc) is 2.82. The van der Waals surface area contributed by atoms with Crippen LogP contribution >= 0.6 is 0 Å². The van der Waals surface area contributed by atoms with Crippen molar-refractivity contribution in [1.82, 2.24) is 10.6 Å². The molecule has 1 aromatic carbocycles. The minimum Gasteiger partial charge on any atom is -0.395 e. The molecule has 1 aromatic rings. The van der Waals surface area contributed by atoms with Gasteiger partial charge in [-0.2, -0.15) is 0 Å².